The number of nitrogens with zero attached hydrogens (tertiary/aromatic N) is 3. The van der Waals surface area contributed by atoms with Crippen molar-refractivity contribution in [3.05, 3.63) is 66.0 Å². The lowest BCUT2D eigenvalue weighted by Gasteiger charge is -2.22. The van der Waals surface area contributed by atoms with Crippen molar-refractivity contribution in [1.29, 1.82) is 5.26 Å². The Labute approximate surface area is 159 Å². The molecule has 5 heteroatoms. The molecular weight excluding hydrogens is 336 g/mol. The van der Waals surface area contributed by atoms with Crippen molar-refractivity contribution in [3.63, 3.8) is 0 Å². The number of carbonyl (C=O) groups is 1. The Morgan fingerprint density at radius 3 is 2.70 bits per heavy atom. The number of anilines is 1. The summed E-state index contributed by atoms with van der Waals surface area (Å²) >= 11 is 0. The molecule has 1 aromatic heterocycles. The van der Waals surface area contributed by atoms with Gasteiger partial charge in [0.25, 0.3) is 0 Å². The van der Waals surface area contributed by atoms with Crippen LogP contribution in [0.5, 0.6) is 0 Å². The minimum Gasteiger partial charge on any atom is -0.371 e. The van der Waals surface area contributed by atoms with Gasteiger partial charge in [0.1, 0.15) is 0 Å². The maximum Gasteiger partial charge on any atom is 0.244 e. The highest BCUT2D eigenvalue weighted by molar-refractivity contribution is 5.91. The molecule has 4 rings (SSSR count). The van der Waals surface area contributed by atoms with Crippen LogP contribution in [0.1, 0.15) is 17.5 Å². The highest BCUT2D eigenvalue weighted by Gasteiger charge is 2.54. The van der Waals surface area contributed by atoms with Crippen molar-refractivity contribution in [2.45, 2.75) is 6.42 Å². The highest BCUT2D eigenvalue weighted by Crippen LogP contribution is 2.54. The first-order chi connectivity index (χ1) is 13.2. The Kier molecular flexibility index (Phi) is 4.88. The lowest BCUT2D eigenvalue weighted by atomic mass is 10.1. The fourth-order valence-electron chi connectivity index (χ4n) is 4.10. The van der Waals surface area contributed by atoms with Crippen LogP contribution in [0.2, 0.25) is 0 Å². The van der Waals surface area contributed by atoms with Crippen molar-refractivity contribution in [2.75, 3.05) is 24.5 Å². The van der Waals surface area contributed by atoms with Crippen LogP contribution >= 0.6 is 0 Å². The second-order valence-corrected chi connectivity index (χ2v) is 7.25. The topological polar surface area (TPSA) is 69.0 Å². The Morgan fingerprint density at radius 1 is 1.26 bits per heavy atom. The van der Waals surface area contributed by atoms with Gasteiger partial charge in [0.2, 0.25) is 5.91 Å². The van der Waals surface area contributed by atoms with Crippen LogP contribution in [-0.2, 0) is 4.79 Å². The average molecular weight is 358 g/mol. The number of nitriles is 1. The average Bonchev–Trinajstić information content (AvgIpc) is 3.16. The van der Waals surface area contributed by atoms with Gasteiger partial charge in [-0.05, 0) is 66.1 Å². The molecule has 1 aliphatic carbocycles. The summed E-state index contributed by atoms with van der Waals surface area (Å²) in [5.41, 5.74) is 2.83. The van der Waals surface area contributed by atoms with Gasteiger partial charge in [0, 0.05) is 43.8 Å². The number of hydrogen-bond acceptors (Lipinski definition) is 4. The first-order valence-electron chi connectivity index (χ1n) is 9.35. The zero-order valence-corrected chi connectivity index (χ0v) is 15.1. The summed E-state index contributed by atoms with van der Waals surface area (Å²) in [6.07, 6.45) is 7.84. The predicted molar refractivity (Wildman–Crippen MR) is 105 cm³/mol. The predicted octanol–water partition coefficient (Wildman–Crippen LogP) is 2.86. The van der Waals surface area contributed by atoms with Crippen molar-refractivity contribution >= 4 is 17.7 Å². The summed E-state index contributed by atoms with van der Waals surface area (Å²) in [7, 11) is 0. The number of nitrogens with one attached hydrogen (secondary N) is 1. The second kappa shape index (κ2) is 7.63. The molecule has 1 aromatic carbocycles. The van der Waals surface area contributed by atoms with E-state index in [0.29, 0.717) is 5.56 Å². The molecule has 0 bridgehead atoms. The van der Waals surface area contributed by atoms with Gasteiger partial charge >= 0.3 is 0 Å². The first kappa shape index (κ1) is 17.3. The number of rotatable bonds is 6. The summed E-state index contributed by atoms with van der Waals surface area (Å²) in [6.45, 7) is 2.89. The van der Waals surface area contributed by atoms with E-state index in [4.69, 9.17) is 5.26 Å². The fraction of sp³-hybridized carbons (Fsp3) is 0.318. The largest absolute Gasteiger partial charge is 0.371 e. The number of pyridine rings is 1. The monoisotopic (exact) mass is 358 g/mol. The maximum absolute atomic E-state index is 11.9. The normalized spacial score (nSPS) is 23.1. The lowest BCUT2D eigenvalue weighted by molar-refractivity contribution is -0.116. The van der Waals surface area contributed by atoms with E-state index in [0.717, 1.165) is 49.4 Å². The quantitative estimate of drug-likeness (QED) is 0.806. The summed E-state index contributed by atoms with van der Waals surface area (Å²) in [5, 5.41) is 11.9. The molecule has 2 atom stereocenters. The molecule has 0 spiro atoms. The minimum atomic E-state index is -0.0520. The van der Waals surface area contributed by atoms with E-state index in [1.165, 1.54) is 5.69 Å². The van der Waals surface area contributed by atoms with Crippen LogP contribution in [0.4, 0.5) is 5.69 Å². The van der Waals surface area contributed by atoms with Gasteiger partial charge in [0.05, 0.1) is 11.6 Å². The molecule has 1 amide bonds. The number of hydrogen-bond donors (Lipinski definition) is 1. The van der Waals surface area contributed by atoms with Crippen molar-refractivity contribution < 1.29 is 4.79 Å². The number of aromatic nitrogens is 1. The Bertz CT molecular complexity index is 857. The molecule has 2 unspecified atom stereocenters. The zero-order valence-electron chi connectivity index (χ0n) is 15.1. The van der Waals surface area contributed by atoms with E-state index >= 15 is 0 Å². The number of benzene rings is 1. The molecule has 2 aromatic rings. The molecule has 2 heterocycles. The molecule has 1 aliphatic heterocycles. The van der Waals surface area contributed by atoms with Gasteiger partial charge in [-0.3, -0.25) is 9.78 Å². The zero-order chi connectivity index (χ0) is 18.6. The van der Waals surface area contributed by atoms with Gasteiger partial charge in [0.15, 0.2) is 0 Å². The third-order valence-corrected chi connectivity index (χ3v) is 5.62. The van der Waals surface area contributed by atoms with E-state index in [1.807, 2.05) is 36.4 Å². The van der Waals surface area contributed by atoms with E-state index in [-0.39, 0.29) is 5.91 Å². The van der Waals surface area contributed by atoms with Gasteiger partial charge in [-0.25, -0.2) is 0 Å². The van der Waals surface area contributed by atoms with Crippen molar-refractivity contribution in [1.82, 2.24) is 10.3 Å². The SMILES string of the molecule is N#Cc1ccc(N2CC3C(CCNC(=O)/C=C/c4cccnc4)C3C2)cc1. The number of piperidine rings is 1. The Balaban J connectivity index is 1.18. The third-order valence-electron chi connectivity index (χ3n) is 5.62. The third kappa shape index (κ3) is 4.01. The molecule has 2 fully saturated rings. The highest BCUT2D eigenvalue weighted by atomic mass is 16.1. The van der Waals surface area contributed by atoms with E-state index in [9.17, 15) is 4.79 Å². The Morgan fingerprint density at radius 2 is 2.04 bits per heavy atom. The van der Waals surface area contributed by atoms with Crippen molar-refractivity contribution in [2.24, 2.45) is 17.8 Å². The first-order valence-corrected chi connectivity index (χ1v) is 9.35. The molecule has 27 heavy (non-hydrogen) atoms. The number of fused-ring (bicyclic) bond motifs is 1. The molecule has 136 valence electrons. The molecule has 2 aliphatic rings. The van der Waals surface area contributed by atoms with Crippen LogP contribution in [0.25, 0.3) is 6.08 Å². The summed E-state index contributed by atoms with van der Waals surface area (Å²) in [4.78, 5) is 18.3. The molecule has 5 nitrogen and oxygen atoms in total. The fourth-order valence-corrected chi connectivity index (χ4v) is 4.10. The Hall–Kier alpha value is -3.13. The van der Waals surface area contributed by atoms with E-state index in [2.05, 4.69) is 21.3 Å². The van der Waals surface area contributed by atoms with Gasteiger partial charge in [-0.1, -0.05) is 6.07 Å². The van der Waals surface area contributed by atoms with E-state index in [1.54, 1.807) is 24.5 Å². The summed E-state index contributed by atoms with van der Waals surface area (Å²) in [5.74, 6) is 2.15. The molecule has 0 radical (unpaired) electrons. The van der Waals surface area contributed by atoms with Crippen LogP contribution < -0.4 is 10.2 Å². The van der Waals surface area contributed by atoms with Crippen LogP contribution in [0.3, 0.4) is 0 Å². The lowest BCUT2D eigenvalue weighted by Crippen LogP contribution is -2.26. The van der Waals surface area contributed by atoms with Gasteiger partial charge in [-0.15, -0.1) is 0 Å². The maximum atomic E-state index is 11.9. The van der Waals surface area contributed by atoms with Gasteiger partial charge < -0.3 is 10.2 Å². The summed E-state index contributed by atoms with van der Waals surface area (Å²) in [6, 6.07) is 13.8. The molecule has 1 N–H and O–H groups in total. The molecular formula is C22H22N4O. The molecule has 1 saturated heterocycles. The van der Waals surface area contributed by atoms with Crippen LogP contribution in [0, 0.1) is 29.1 Å². The molecule has 1 saturated carbocycles. The van der Waals surface area contributed by atoms with Gasteiger partial charge in [-0.2, -0.15) is 5.26 Å². The summed E-state index contributed by atoms with van der Waals surface area (Å²) < 4.78 is 0. The smallest absolute Gasteiger partial charge is 0.244 e. The minimum absolute atomic E-state index is 0.0520. The number of carbonyl (C=O) groups excluding carboxylic acids is 1. The second-order valence-electron chi connectivity index (χ2n) is 7.25. The van der Waals surface area contributed by atoms with Crippen LogP contribution in [0.15, 0.2) is 54.9 Å². The van der Waals surface area contributed by atoms with Crippen LogP contribution in [-0.4, -0.2) is 30.5 Å². The van der Waals surface area contributed by atoms with E-state index < -0.39 is 0 Å². The number of amides is 1. The standard InChI is InChI=1S/C22H22N4O/c23-12-16-3-6-18(7-4-16)26-14-20-19(21(20)15-26)9-11-25-22(27)8-5-17-2-1-10-24-13-17/h1-8,10,13,19-21H,9,11,14-15H2,(H,25,27)/b8-5+. The van der Waals surface area contributed by atoms with Crippen molar-refractivity contribution in [3.8, 4) is 6.07 Å².